The summed E-state index contributed by atoms with van der Waals surface area (Å²) in [6.45, 7) is 0.0301. The number of nitrogens with one attached hydrogen (secondary N) is 1. The van der Waals surface area contributed by atoms with Crippen LogP contribution in [-0.2, 0) is 19.4 Å². The van der Waals surface area contributed by atoms with Crippen molar-refractivity contribution >= 4 is 21.9 Å². The molecule has 8 heteroatoms. The van der Waals surface area contributed by atoms with Crippen LogP contribution in [0.5, 0.6) is 0 Å². The van der Waals surface area contributed by atoms with Crippen LogP contribution in [0, 0.1) is 0 Å². The van der Waals surface area contributed by atoms with Gasteiger partial charge in [-0.15, -0.1) is 0 Å². The highest BCUT2D eigenvalue weighted by Gasteiger charge is 2.50. The molecular weight excluding hydrogens is 382 g/mol. The Hall–Kier alpha value is -2.87. The molecule has 1 aliphatic carbocycles. The van der Waals surface area contributed by atoms with E-state index in [9.17, 15) is 23.1 Å². The van der Waals surface area contributed by atoms with E-state index in [0.717, 1.165) is 22.3 Å². The number of alkyl carbamates (subject to hydrolysis) is 1. The lowest BCUT2D eigenvalue weighted by Crippen LogP contribution is -2.55. The summed E-state index contributed by atoms with van der Waals surface area (Å²) in [7, 11) is -3.51. The van der Waals surface area contributed by atoms with Crippen molar-refractivity contribution in [1.82, 2.24) is 5.32 Å². The minimum Gasteiger partial charge on any atom is -0.479 e. The lowest BCUT2D eigenvalue weighted by Gasteiger charge is -2.24. The number of carboxylic acids is 1. The second kappa shape index (κ2) is 6.63. The molecule has 1 unspecified atom stereocenters. The summed E-state index contributed by atoms with van der Waals surface area (Å²) in [5.74, 6) is -2.43. The van der Waals surface area contributed by atoms with Gasteiger partial charge < -0.3 is 15.2 Å². The number of ether oxygens (including phenoxy) is 1. The zero-order valence-electron chi connectivity index (χ0n) is 14.9. The summed E-state index contributed by atoms with van der Waals surface area (Å²) in [6.07, 6.45) is -1.10. The fraction of sp³-hybridized carbons (Fsp3) is 0.300. The highest BCUT2D eigenvalue weighted by Crippen LogP contribution is 2.44. The van der Waals surface area contributed by atoms with Crippen LogP contribution in [0.1, 0.15) is 23.5 Å². The summed E-state index contributed by atoms with van der Waals surface area (Å²) in [5, 5.41) is 11.7. The maximum atomic E-state index is 12.3. The maximum absolute atomic E-state index is 12.3. The number of carbonyl (C=O) groups is 2. The second-order valence-corrected chi connectivity index (χ2v) is 9.36. The predicted molar refractivity (Wildman–Crippen MR) is 102 cm³/mol. The smallest absolute Gasteiger partial charge is 0.408 e. The van der Waals surface area contributed by atoms with Crippen molar-refractivity contribution in [3.8, 4) is 11.1 Å². The van der Waals surface area contributed by atoms with Gasteiger partial charge in [-0.1, -0.05) is 48.5 Å². The molecule has 1 amide bonds. The lowest BCUT2D eigenvalue weighted by atomic mass is 9.98. The zero-order valence-corrected chi connectivity index (χ0v) is 15.7. The molecule has 1 aliphatic heterocycles. The Morgan fingerprint density at radius 1 is 1.07 bits per heavy atom. The van der Waals surface area contributed by atoms with Crippen LogP contribution in [-0.4, -0.2) is 49.2 Å². The van der Waals surface area contributed by atoms with Crippen molar-refractivity contribution in [2.75, 3.05) is 18.1 Å². The van der Waals surface area contributed by atoms with E-state index in [1.54, 1.807) is 0 Å². The molecule has 0 radical (unpaired) electrons. The van der Waals surface area contributed by atoms with E-state index >= 15 is 0 Å². The first-order valence-corrected chi connectivity index (χ1v) is 10.7. The fourth-order valence-corrected chi connectivity index (χ4v) is 5.89. The average Bonchev–Trinajstić information content (AvgIpc) is 3.15. The number of hydrogen-bond acceptors (Lipinski definition) is 5. The molecule has 1 heterocycles. The molecule has 2 aromatic rings. The van der Waals surface area contributed by atoms with E-state index in [1.807, 2.05) is 48.5 Å². The molecule has 146 valence electrons. The van der Waals surface area contributed by atoms with Gasteiger partial charge in [0.1, 0.15) is 6.61 Å². The number of rotatable bonds is 4. The van der Waals surface area contributed by atoms with E-state index in [0.29, 0.717) is 0 Å². The minimum atomic E-state index is -3.51. The number of sulfone groups is 1. The van der Waals surface area contributed by atoms with Crippen LogP contribution < -0.4 is 5.32 Å². The Balaban J connectivity index is 1.51. The highest BCUT2D eigenvalue weighted by molar-refractivity contribution is 7.91. The van der Waals surface area contributed by atoms with E-state index in [-0.39, 0.29) is 24.7 Å². The molecule has 2 N–H and O–H groups in total. The zero-order chi connectivity index (χ0) is 19.9. The van der Waals surface area contributed by atoms with Crippen LogP contribution in [0.15, 0.2) is 48.5 Å². The third kappa shape index (κ3) is 3.13. The van der Waals surface area contributed by atoms with Crippen LogP contribution in [0.4, 0.5) is 4.79 Å². The number of fused-ring (bicyclic) bond motifs is 3. The van der Waals surface area contributed by atoms with Crippen molar-refractivity contribution < 1.29 is 27.9 Å². The number of amides is 1. The van der Waals surface area contributed by atoms with Gasteiger partial charge in [0.15, 0.2) is 15.4 Å². The summed E-state index contributed by atoms with van der Waals surface area (Å²) < 4.78 is 28.8. The van der Waals surface area contributed by atoms with Crippen molar-refractivity contribution in [3.63, 3.8) is 0 Å². The van der Waals surface area contributed by atoms with Crippen LogP contribution in [0.2, 0.25) is 0 Å². The molecule has 2 aromatic carbocycles. The molecule has 1 saturated heterocycles. The first-order chi connectivity index (χ1) is 13.3. The minimum absolute atomic E-state index is 0.0301. The predicted octanol–water partition coefficient (Wildman–Crippen LogP) is 2.17. The SMILES string of the molecule is O=C(NC1(C(=O)O)CCS(=O)(=O)C1)OCC1c2ccccc2-c2ccccc21. The van der Waals surface area contributed by atoms with Gasteiger partial charge in [0, 0.05) is 5.92 Å². The van der Waals surface area contributed by atoms with Gasteiger partial charge in [-0.05, 0) is 28.7 Å². The Bertz CT molecular complexity index is 1020. The largest absolute Gasteiger partial charge is 0.479 e. The molecule has 1 atom stereocenters. The monoisotopic (exact) mass is 401 g/mol. The number of carboxylic acid groups (broad SMARTS) is 1. The molecule has 0 aromatic heterocycles. The topological polar surface area (TPSA) is 110 Å². The van der Waals surface area contributed by atoms with Gasteiger partial charge in [0.2, 0.25) is 0 Å². The number of aliphatic carboxylic acids is 1. The van der Waals surface area contributed by atoms with E-state index in [2.05, 4.69) is 5.32 Å². The summed E-state index contributed by atoms with van der Waals surface area (Å²) in [6, 6.07) is 15.7. The first kappa shape index (κ1) is 18.5. The molecular formula is C20H19NO6S. The van der Waals surface area contributed by atoms with E-state index < -0.39 is 33.2 Å². The number of benzene rings is 2. The van der Waals surface area contributed by atoms with Gasteiger partial charge in [-0.2, -0.15) is 0 Å². The quantitative estimate of drug-likeness (QED) is 0.813. The Kier molecular flexibility index (Phi) is 4.38. The highest BCUT2D eigenvalue weighted by atomic mass is 32.2. The maximum Gasteiger partial charge on any atom is 0.408 e. The molecule has 2 aliphatic rings. The average molecular weight is 401 g/mol. The van der Waals surface area contributed by atoms with Gasteiger partial charge in [0.25, 0.3) is 0 Å². The van der Waals surface area contributed by atoms with Gasteiger partial charge >= 0.3 is 12.1 Å². The van der Waals surface area contributed by atoms with E-state index in [4.69, 9.17) is 4.74 Å². The number of carbonyl (C=O) groups excluding carboxylic acids is 1. The van der Waals surface area contributed by atoms with Crippen molar-refractivity contribution in [2.45, 2.75) is 17.9 Å². The Morgan fingerprint density at radius 2 is 1.64 bits per heavy atom. The lowest BCUT2D eigenvalue weighted by molar-refractivity contribution is -0.143. The van der Waals surface area contributed by atoms with Crippen LogP contribution >= 0.6 is 0 Å². The molecule has 1 fully saturated rings. The third-order valence-corrected chi connectivity index (χ3v) is 7.16. The number of hydrogen-bond donors (Lipinski definition) is 2. The van der Waals surface area contributed by atoms with Crippen LogP contribution in [0.3, 0.4) is 0 Å². The van der Waals surface area contributed by atoms with Crippen molar-refractivity contribution in [1.29, 1.82) is 0 Å². The van der Waals surface area contributed by atoms with E-state index in [1.165, 1.54) is 0 Å². The summed E-state index contributed by atoms with van der Waals surface area (Å²) in [4.78, 5) is 23.9. The van der Waals surface area contributed by atoms with Gasteiger partial charge in [0.05, 0.1) is 11.5 Å². The van der Waals surface area contributed by atoms with Crippen molar-refractivity contribution in [3.05, 3.63) is 59.7 Å². The fourth-order valence-electron chi connectivity index (χ4n) is 4.00. The normalized spacial score (nSPS) is 22.3. The molecule has 0 spiro atoms. The molecule has 0 saturated carbocycles. The molecule has 28 heavy (non-hydrogen) atoms. The Morgan fingerprint density at radius 3 is 2.14 bits per heavy atom. The van der Waals surface area contributed by atoms with Gasteiger partial charge in [-0.3, -0.25) is 0 Å². The van der Waals surface area contributed by atoms with Gasteiger partial charge in [-0.25, -0.2) is 18.0 Å². The molecule has 0 bridgehead atoms. The second-order valence-electron chi connectivity index (χ2n) is 7.18. The summed E-state index contributed by atoms with van der Waals surface area (Å²) >= 11 is 0. The van der Waals surface area contributed by atoms with Crippen LogP contribution in [0.25, 0.3) is 11.1 Å². The third-order valence-electron chi connectivity index (χ3n) is 5.40. The molecule has 4 rings (SSSR count). The first-order valence-electron chi connectivity index (χ1n) is 8.88. The van der Waals surface area contributed by atoms with Crippen molar-refractivity contribution in [2.24, 2.45) is 0 Å². The summed E-state index contributed by atoms with van der Waals surface area (Å²) in [5.41, 5.74) is 2.40. The Labute approximate surface area is 162 Å². The molecule has 7 nitrogen and oxygen atoms in total. The standard InChI is InChI=1S/C20H19NO6S/c22-18(23)20(9-10-28(25,26)12-20)21-19(24)27-11-17-15-7-3-1-5-13(15)14-6-2-4-8-16(14)17/h1-8,17H,9-12H2,(H,21,24)(H,22,23).